The molecule has 2 rings (SSSR count). The Morgan fingerprint density at radius 1 is 0.857 bits per heavy atom. The van der Waals surface area contributed by atoms with Gasteiger partial charge in [0.2, 0.25) is 23.6 Å². The summed E-state index contributed by atoms with van der Waals surface area (Å²) in [6.07, 6.45) is 0.598. The maximum Gasteiger partial charge on any atom is 0.232 e. The Labute approximate surface area is 123 Å². The Kier molecular flexibility index (Phi) is 4.72. The lowest BCUT2D eigenvalue weighted by Crippen LogP contribution is -2.87. The SMILES string of the molecule is CC1CC(=O)N(CC[NH2+]CCN2C(=O)CC(C)C2=O)C1=O. The zero-order chi connectivity index (χ0) is 15.6. The third-order valence-electron chi connectivity index (χ3n) is 4.05. The first kappa shape index (κ1) is 15.6. The number of rotatable bonds is 6. The molecule has 2 aliphatic rings. The molecule has 0 aromatic heterocycles. The average molecular weight is 296 g/mol. The molecular formula is C14H22N3O4+. The Morgan fingerprint density at radius 3 is 1.52 bits per heavy atom. The normalized spacial score (nSPS) is 26.4. The van der Waals surface area contributed by atoms with Crippen LogP contribution in [0.2, 0.25) is 0 Å². The lowest BCUT2D eigenvalue weighted by Gasteiger charge is -2.15. The molecule has 0 radical (unpaired) electrons. The molecule has 2 N–H and O–H groups in total. The van der Waals surface area contributed by atoms with E-state index in [1.165, 1.54) is 9.80 Å². The Hall–Kier alpha value is -1.76. The van der Waals surface area contributed by atoms with E-state index in [1.54, 1.807) is 13.8 Å². The molecular weight excluding hydrogens is 274 g/mol. The van der Waals surface area contributed by atoms with Crippen LogP contribution in [-0.2, 0) is 19.2 Å². The third kappa shape index (κ3) is 3.29. The molecule has 2 saturated heterocycles. The predicted molar refractivity (Wildman–Crippen MR) is 72.7 cm³/mol. The number of nitrogens with two attached hydrogens (primary N) is 1. The topological polar surface area (TPSA) is 91.4 Å². The molecule has 0 aliphatic carbocycles. The van der Waals surface area contributed by atoms with E-state index in [1.807, 2.05) is 5.32 Å². The van der Waals surface area contributed by atoms with Gasteiger partial charge in [-0.3, -0.25) is 29.0 Å². The highest BCUT2D eigenvalue weighted by Gasteiger charge is 2.36. The molecule has 0 bridgehead atoms. The number of amides is 4. The number of quaternary nitrogens is 1. The van der Waals surface area contributed by atoms with E-state index in [4.69, 9.17) is 0 Å². The van der Waals surface area contributed by atoms with Crippen LogP contribution in [0.4, 0.5) is 0 Å². The molecule has 2 unspecified atom stereocenters. The van der Waals surface area contributed by atoms with E-state index < -0.39 is 0 Å². The first-order valence-corrected chi connectivity index (χ1v) is 7.42. The van der Waals surface area contributed by atoms with Gasteiger partial charge in [-0.1, -0.05) is 13.8 Å². The van der Waals surface area contributed by atoms with Crippen LogP contribution >= 0.6 is 0 Å². The number of likely N-dealkylation sites (tertiary alicyclic amines) is 2. The van der Waals surface area contributed by atoms with Gasteiger partial charge in [0.15, 0.2) is 0 Å². The smallest absolute Gasteiger partial charge is 0.232 e. The van der Waals surface area contributed by atoms with Gasteiger partial charge in [0.05, 0.1) is 26.2 Å². The molecule has 0 aromatic carbocycles. The zero-order valence-electron chi connectivity index (χ0n) is 12.5. The highest BCUT2D eigenvalue weighted by Crippen LogP contribution is 2.18. The van der Waals surface area contributed by atoms with Gasteiger partial charge in [-0.15, -0.1) is 0 Å². The van der Waals surface area contributed by atoms with Gasteiger partial charge in [0.1, 0.15) is 0 Å². The average Bonchev–Trinajstić information content (AvgIpc) is 2.80. The molecule has 0 aromatic rings. The van der Waals surface area contributed by atoms with Crippen LogP contribution in [0.5, 0.6) is 0 Å². The fourth-order valence-electron chi connectivity index (χ4n) is 2.75. The number of carbonyl (C=O) groups is 4. The minimum Gasteiger partial charge on any atom is -0.343 e. The Morgan fingerprint density at radius 2 is 1.24 bits per heavy atom. The van der Waals surface area contributed by atoms with Crippen LogP contribution in [0.25, 0.3) is 0 Å². The van der Waals surface area contributed by atoms with Gasteiger partial charge in [0.25, 0.3) is 0 Å². The lowest BCUT2D eigenvalue weighted by molar-refractivity contribution is -0.653. The summed E-state index contributed by atoms with van der Waals surface area (Å²) in [6, 6.07) is 0. The summed E-state index contributed by atoms with van der Waals surface area (Å²) in [4.78, 5) is 49.2. The maximum atomic E-state index is 11.7. The van der Waals surface area contributed by atoms with Crippen molar-refractivity contribution in [2.24, 2.45) is 11.8 Å². The molecule has 4 amide bonds. The standard InChI is InChI=1S/C14H21N3O4/c1-9-7-11(18)16(13(9)20)5-3-15-4-6-17-12(19)8-10(2)14(17)21/h9-10,15H,3-8H2,1-2H3/p+1. The molecule has 21 heavy (non-hydrogen) atoms. The van der Waals surface area contributed by atoms with Crippen LogP contribution in [0, 0.1) is 11.8 Å². The molecule has 0 saturated carbocycles. The van der Waals surface area contributed by atoms with E-state index in [0.717, 1.165) is 0 Å². The number of carbonyl (C=O) groups excluding carboxylic acids is 4. The van der Waals surface area contributed by atoms with Crippen LogP contribution in [0.1, 0.15) is 26.7 Å². The second-order valence-corrected chi connectivity index (χ2v) is 5.84. The second kappa shape index (κ2) is 6.34. The van der Waals surface area contributed by atoms with E-state index in [9.17, 15) is 19.2 Å². The molecule has 116 valence electrons. The van der Waals surface area contributed by atoms with Crippen molar-refractivity contribution in [1.29, 1.82) is 0 Å². The van der Waals surface area contributed by atoms with Crippen LogP contribution in [0.15, 0.2) is 0 Å². The number of hydrogen-bond acceptors (Lipinski definition) is 4. The highest BCUT2D eigenvalue weighted by atomic mass is 16.2. The Bertz CT molecular complexity index is 435. The van der Waals surface area contributed by atoms with E-state index in [0.29, 0.717) is 39.0 Å². The number of imide groups is 2. The first-order chi connectivity index (χ1) is 9.91. The first-order valence-electron chi connectivity index (χ1n) is 7.42. The summed E-state index contributed by atoms with van der Waals surface area (Å²) in [5.74, 6) is -0.851. The lowest BCUT2D eigenvalue weighted by atomic mass is 10.1. The van der Waals surface area contributed by atoms with Crippen molar-refractivity contribution in [3.63, 3.8) is 0 Å². The largest absolute Gasteiger partial charge is 0.343 e. The minimum atomic E-state index is -0.209. The summed E-state index contributed by atoms with van der Waals surface area (Å²) in [5.41, 5.74) is 0. The summed E-state index contributed by atoms with van der Waals surface area (Å²) in [5, 5.41) is 1.92. The quantitative estimate of drug-likeness (QED) is 0.469. The second-order valence-electron chi connectivity index (χ2n) is 5.84. The van der Waals surface area contributed by atoms with Crippen LogP contribution < -0.4 is 5.32 Å². The van der Waals surface area contributed by atoms with Crippen molar-refractivity contribution < 1.29 is 24.5 Å². The van der Waals surface area contributed by atoms with Gasteiger partial charge < -0.3 is 5.32 Å². The van der Waals surface area contributed by atoms with Crippen LogP contribution in [0.3, 0.4) is 0 Å². The van der Waals surface area contributed by atoms with Gasteiger partial charge in [-0.2, -0.15) is 0 Å². The molecule has 0 spiro atoms. The van der Waals surface area contributed by atoms with Gasteiger partial charge in [-0.25, -0.2) is 0 Å². The summed E-state index contributed by atoms with van der Waals surface area (Å²) >= 11 is 0. The van der Waals surface area contributed by atoms with Gasteiger partial charge in [0, 0.05) is 24.7 Å². The number of hydrogen-bond donors (Lipinski definition) is 1. The predicted octanol–water partition coefficient (Wildman–Crippen LogP) is -1.66. The van der Waals surface area contributed by atoms with Crippen molar-refractivity contribution in [1.82, 2.24) is 9.80 Å². The fraction of sp³-hybridized carbons (Fsp3) is 0.714. The minimum absolute atomic E-state index is 0.105. The van der Waals surface area contributed by atoms with E-state index in [-0.39, 0.29) is 35.5 Å². The summed E-state index contributed by atoms with van der Waals surface area (Å²) in [6.45, 7) is 5.48. The van der Waals surface area contributed by atoms with E-state index >= 15 is 0 Å². The number of nitrogens with zero attached hydrogens (tertiary/aromatic N) is 2. The zero-order valence-corrected chi connectivity index (χ0v) is 12.5. The van der Waals surface area contributed by atoms with Gasteiger partial charge in [-0.05, 0) is 0 Å². The maximum absolute atomic E-state index is 11.7. The molecule has 2 aliphatic heterocycles. The monoisotopic (exact) mass is 296 g/mol. The van der Waals surface area contributed by atoms with Gasteiger partial charge >= 0.3 is 0 Å². The van der Waals surface area contributed by atoms with Crippen molar-refractivity contribution in [2.75, 3.05) is 26.2 Å². The molecule has 2 atom stereocenters. The highest BCUT2D eigenvalue weighted by molar-refractivity contribution is 6.03. The van der Waals surface area contributed by atoms with Crippen molar-refractivity contribution >= 4 is 23.6 Å². The molecule has 2 fully saturated rings. The molecule has 2 heterocycles. The third-order valence-corrected chi connectivity index (χ3v) is 4.05. The Balaban J connectivity index is 1.67. The molecule has 7 heteroatoms. The van der Waals surface area contributed by atoms with Crippen molar-refractivity contribution in [2.45, 2.75) is 26.7 Å². The van der Waals surface area contributed by atoms with Crippen molar-refractivity contribution in [3.8, 4) is 0 Å². The fourth-order valence-corrected chi connectivity index (χ4v) is 2.75. The molecule has 7 nitrogen and oxygen atoms in total. The summed E-state index contributed by atoms with van der Waals surface area (Å²) in [7, 11) is 0. The van der Waals surface area contributed by atoms with Crippen LogP contribution in [-0.4, -0.2) is 59.6 Å². The summed E-state index contributed by atoms with van der Waals surface area (Å²) < 4.78 is 0. The van der Waals surface area contributed by atoms with Crippen molar-refractivity contribution in [3.05, 3.63) is 0 Å². The van der Waals surface area contributed by atoms with E-state index in [2.05, 4.69) is 0 Å².